The molecule has 2 rings (SSSR count). The van der Waals surface area contributed by atoms with Gasteiger partial charge in [-0.3, -0.25) is 4.89 Å². The van der Waals surface area contributed by atoms with Crippen LogP contribution >= 0.6 is 7.82 Å². The molecule has 0 aliphatic carbocycles. The summed E-state index contributed by atoms with van der Waals surface area (Å²) in [7, 11) is 1.86. The van der Waals surface area contributed by atoms with Gasteiger partial charge in [0.25, 0.3) is 0 Å². The molecule has 0 unspecified atom stereocenters. The molecule has 114 valence electrons. The Labute approximate surface area is 125 Å². The Morgan fingerprint density at radius 2 is 1.10 bits per heavy atom. The molecule has 0 heterocycles. The van der Waals surface area contributed by atoms with Crippen LogP contribution in [-0.4, -0.2) is 30.9 Å². The van der Waals surface area contributed by atoms with Crippen LogP contribution in [0.5, 0.6) is 11.5 Å². The lowest BCUT2D eigenvalue weighted by atomic mass is 10.3. The number of phosphoric acid groups is 1. The third kappa shape index (κ3) is 8.15. The number of benzene rings is 2. The minimum absolute atomic E-state index is 0.286. The Kier molecular flexibility index (Phi) is 6.96. The van der Waals surface area contributed by atoms with Crippen LogP contribution in [0.2, 0.25) is 0 Å². The molecule has 2 aromatic rings. The van der Waals surface area contributed by atoms with Crippen LogP contribution in [0.3, 0.4) is 0 Å². The van der Waals surface area contributed by atoms with E-state index in [-0.39, 0.29) is 11.5 Å². The highest BCUT2D eigenvalue weighted by Gasteiger charge is 2.24. The van der Waals surface area contributed by atoms with Gasteiger partial charge in [0.2, 0.25) is 0 Å². The Morgan fingerprint density at radius 1 is 0.810 bits per heavy atom. The number of para-hydroxylation sites is 2. The molecule has 0 saturated heterocycles. The molecular weight excluding hydrogens is 289 g/mol. The maximum Gasteiger partial charge on any atom is 0.584 e. The van der Waals surface area contributed by atoms with E-state index >= 15 is 0 Å². The third-order valence-electron chi connectivity index (χ3n) is 1.93. The highest BCUT2D eigenvalue weighted by atomic mass is 31.2. The van der Waals surface area contributed by atoms with Crippen LogP contribution in [0.25, 0.3) is 0 Å². The van der Waals surface area contributed by atoms with Crippen molar-refractivity contribution < 1.29 is 18.5 Å². The van der Waals surface area contributed by atoms with Crippen molar-refractivity contribution in [1.82, 2.24) is 4.90 Å². The van der Waals surface area contributed by atoms with E-state index in [0.717, 1.165) is 0 Å². The average molecular weight is 309 g/mol. The summed E-state index contributed by atoms with van der Waals surface area (Å²) in [6, 6.07) is 16.7. The van der Waals surface area contributed by atoms with Gasteiger partial charge in [-0.25, -0.2) is 4.57 Å². The summed E-state index contributed by atoms with van der Waals surface area (Å²) in [5.74, 6) is 0.573. The van der Waals surface area contributed by atoms with E-state index < -0.39 is 7.82 Å². The summed E-state index contributed by atoms with van der Waals surface area (Å²) in [6.07, 6.45) is 0. The first-order chi connectivity index (χ1) is 9.89. The molecule has 0 bridgehead atoms. The molecule has 0 aromatic heterocycles. The second kappa shape index (κ2) is 8.47. The summed E-state index contributed by atoms with van der Waals surface area (Å²) in [4.78, 5) is 11.5. The molecular formula is C15H20NO4P. The lowest BCUT2D eigenvalue weighted by Gasteiger charge is -2.13. The summed E-state index contributed by atoms with van der Waals surface area (Å²) in [6.45, 7) is 0. The van der Waals surface area contributed by atoms with Crippen molar-refractivity contribution in [3.05, 3.63) is 60.7 Å². The summed E-state index contributed by atoms with van der Waals surface area (Å²) in [5, 5.41) is 0. The van der Waals surface area contributed by atoms with E-state index in [1.54, 1.807) is 60.7 Å². The molecule has 2 aromatic carbocycles. The van der Waals surface area contributed by atoms with E-state index in [4.69, 9.17) is 9.05 Å². The van der Waals surface area contributed by atoms with Gasteiger partial charge in [0.05, 0.1) is 0 Å². The quantitative estimate of drug-likeness (QED) is 0.877. The SMILES string of the molecule is CN(C)C.O=P(O)(Oc1ccccc1)Oc1ccccc1. The van der Waals surface area contributed by atoms with E-state index in [9.17, 15) is 9.46 Å². The Bertz CT molecular complexity index is 512. The van der Waals surface area contributed by atoms with Gasteiger partial charge in [-0.15, -0.1) is 0 Å². The van der Waals surface area contributed by atoms with Gasteiger partial charge < -0.3 is 13.9 Å². The molecule has 0 amide bonds. The summed E-state index contributed by atoms with van der Waals surface area (Å²) >= 11 is 0. The van der Waals surface area contributed by atoms with Crippen molar-refractivity contribution >= 4 is 7.82 Å². The largest absolute Gasteiger partial charge is 0.584 e. The van der Waals surface area contributed by atoms with Gasteiger partial charge in [0.15, 0.2) is 0 Å². The van der Waals surface area contributed by atoms with Crippen LogP contribution in [0, 0.1) is 0 Å². The monoisotopic (exact) mass is 309 g/mol. The minimum Gasteiger partial charge on any atom is -0.395 e. The normalized spacial score (nSPS) is 10.5. The Hall–Kier alpha value is -1.81. The van der Waals surface area contributed by atoms with Crippen molar-refractivity contribution in [1.29, 1.82) is 0 Å². The van der Waals surface area contributed by atoms with Crippen molar-refractivity contribution in [3.8, 4) is 11.5 Å². The summed E-state index contributed by atoms with van der Waals surface area (Å²) in [5.41, 5.74) is 0. The fourth-order valence-electron chi connectivity index (χ4n) is 1.25. The van der Waals surface area contributed by atoms with Crippen LogP contribution in [0.4, 0.5) is 0 Å². The predicted molar refractivity (Wildman–Crippen MR) is 83.6 cm³/mol. The highest BCUT2D eigenvalue weighted by Crippen LogP contribution is 2.43. The zero-order valence-corrected chi connectivity index (χ0v) is 13.2. The average Bonchev–Trinajstić information content (AvgIpc) is 2.39. The van der Waals surface area contributed by atoms with Crippen LogP contribution in [0.15, 0.2) is 60.7 Å². The summed E-state index contributed by atoms with van der Waals surface area (Å²) < 4.78 is 21.5. The topological polar surface area (TPSA) is 59.0 Å². The number of hydrogen-bond acceptors (Lipinski definition) is 4. The first-order valence-corrected chi connectivity index (χ1v) is 7.81. The lowest BCUT2D eigenvalue weighted by molar-refractivity contribution is 0.291. The van der Waals surface area contributed by atoms with E-state index in [1.165, 1.54) is 0 Å². The van der Waals surface area contributed by atoms with Crippen LogP contribution in [-0.2, 0) is 4.57 Å². The fraction of sp³-hybridized carbons (Fsp3) is 0.200. The third-order valence-corrected chi connectivity index (χ3v) is 2.81. The van der Waals surface area contributed by atoms with Crippen LogP contribution < -0.4 is 9.05 Å². The number of nitrogens with zero attached hydrogens (tertiary/aromatic N) is 1. The molecule has 0 saturated carbocycles. The maximum absolute atomic E-state index is 11.7. The van der Waals surface area contributed by atoms with Gasteiger partial charge in [-0.2, -0.15) is 0 Å². The van der Waals surface area contributed by atoms with E-state index in [2.05, 4.69) is 0 Å². The van der Waals surface area contributed by atoms with Crippen molar-refractivity contribution in [2.75, 3.05) is 21.1 Å². The Balaban J connectivity index is 0.000000491. The van der Waals surface area contributed by atoms with Gasteiger partial charge in [-0.05, 0) is 45.4 Å². The zero-order valence-electron chi connectivity index (χ0n) is 12.3. The first kappa shape index (κ1) is 17.2. The van der Waals surface area contributed by atoms with E-state index in [0.29, 0.717) is 0 Å². The van der Waals surface area contributed by atoms with Crippen molar-refractivity contribution in [2.45, 2.75) is 0 Å². The van der Waals surface area contributed by atoms with Gasteiger partial charge in [0.1, 0.15) is 11.5 Å². The van der Waals surface area contributed by atoms with Crippen LogP contribution in [0.1, 0.15) is 0 Å². The van der Waals surface area contributed by atoms with Gasteiger partial charge in [0, 0.05) is 0 Å². The molecule has 0 fully saturated rings. The number of hydrogen-bond donors (Lipinski definition) is 1. The number of phosphoric ester groups is 1. The molecule has 21 heavy (non-hydrogen) atoms. The van der Waals surface area contributed by atoms with E-state index in [1.807, 2.05) is 26.0 Å². The molecule has 0 atom stereocenters. The van der Waals surface area contributed by atoms with Gasteiger partial charge >= 0.3 is 7.82 Å². The molecule has 6 heteroatoms. The predicted octanol–water partition coefficient (Wildman–Crippen LogP) is 3.42. The van der Waals surface area contributed by atoms with Crippen molar-refractivity contribution in [2.24, 2.45) is 0 Å². The minimum atomic E-state index is -4.14. The second-order valence-corrected chi connectivity index (χ2v) is 5.92. The molecule has 0 aliphatic rings. The molecule has 1 N–H and O–H groups in total. The highest BCUT2D eigenvalue weighted by molar-refractivity contribution is 7.48. The molecule has 5 nitrogen and oxygen atoms in total. The zero-order chi connectivity index (χ0) is 15.7. The van der Waals surface area contributed by atoms with Crippen molar-refractivity contribution in [3.63, 3.8) is 0 Å². The Morgan fingerprint density at radius 3 is 1.38 bits per heavy atom. The van der Waals surface area contributed by atoms with Gasteiger partial charge in [-0.1, -0.05) is 36.4 Å². The first-order valence-electron chi connectivity index (χ1n) is 6.32. The molecule has 0 spiro atoms. The fourth-order valence-corrected chi connectivity index (χ4v) is 2.06. The number of rotatable bonds is 4. The maximum atomic E-state index is 11.7. The smallest absolute Gasteiger partial charge is 0.395 e. The standard InChI is InChI=1S/C12H11O4P.C3H9N/c13-17(14,15-11-7-3-1-4-8-11)16-12-9-5-2-6-10-12;1-4(2)3/h1-10H,(H,13,14);1-3H3. The molecule has 0 aliphatic heterocycles. The lowest BCUT2D eigenvalue weighted by Crippen LogP contribution is -1.99. The second-order valence-electron chi connectivity index (χ2n) is 4.62. The molecule has 0 radical (unpaired) electrons.